The van der Waals surface area contributed by atoms with Crippen LogP contribution in [0.2, 0.25) is 5.02 Å². The van der Waals surface area contributed by atoms with Crippen molar-refractivity contribution in [2.45, 2.75) is 13.0 Å². The number of halogens is 2. The molecule has 0 saturated carbocycles. The molecule has 0 saturated heterocycles. The van der Waals surface area contributed by atoms with Gasteiger partial charge in [-0.05, 0) is 24.3 Å². The van der Waals surface area contributed by atoms with Crippen molar-refractivity contribution in [3.05, 3.63) is 63.7 Å². The summed E-state index contributed by atoms with van der Waals surface area (Å²) in [6, 6.07) is 15.0. The molecule has 3 aromatic rings. The highest BCUT2D eigenvalue weighted by atomic mass is 79.9. The second-order valence-electron chi connectivity index (χ2n) is 5.45. The molecule has 0 unspecified atom stereocenters. The molecule has 0 fully saturated rings. The van der Waals surface area contributed by atoms with Crippen LogP contribution in [-0.2, 0) is 6.54 Å². The molecule has 4 nitrogen and oxygen atoms in total. The fourth-order valence-corrected chi connectivity index (χ4v) is 3.37. The Labute approximate surface area is 158 Å². The second kappa shape index (κ2) is 7.73. The first kappa shape index (κ1) is 17.5. The molecule has 6 heteroatoms. The SMILES string of the molecule is N#CCCn1cc(C(=O)COc2ccc(Br)cc2Cl)c2ccccc21. The topological polar surface area (TPSA) is 55.0 Å². The number of aromatic nitrogens is 1. The molecule has 3 rings (SSSR count). The highest BCUT2D eigenvalue weighted by Crippen LogP contribution is 2.28. The normalized spacial score (nSPS) is 10.6. The van der Waals surface area contributed by atoms with E-state index in [4.69, 9.17) is 21.6 Å². The predicted octanol–water partition coefficient (Wildman–Crippen LogP) is 5.23. The van der Waals surface area contributed by atoms with E-state index in [1.54, 1.807) is 24.4 Å². The van der Waals surface area contributed by atoms with E-state index in [1.807, 2.05) is 28.8 Å². The Hall–Kier alpha value is -2.29. The lowest BCUT2D eigenvalue weighted by Crippen LogP contribution is -2.11. The number of benzene rings is 2. The van der Waals surface area contributed by atoms with Gasteiger partial charge in [-0.15, -0.1) is 0 Å². The minimum atomic E-state index is -0.133. The van der Waals surface area contributed by atoms with Crippen molar-refractivity contribution in [2.75, 3.05) is 6.61 Å². The average Bonchev–Trinajstić information content (AvgIpc) is 2.98. The Morgan fingerprint density at radius 2 is 2.08 bits per heavy atom. The number of carbonyl (C=O) groups excluding carboxylic acids is 1. The second-order valence-corrected chi connectivity index (χ2v) is 6.77. The van der Waals surface area contributed by atoms with Crippen molar-refractivity contribution in [3.63, 3.8) is 0 Å². The molecule has 0 aliphatic heterocycles. The summed E-state index contributed by atoms with van der Waals surface area (Å²) < 4.78 is 8.36. The van der Waals surface area contributed by atoms with E-state index in [1.165, 1.54) is 0 Å². The van der Waals surface area contributed by atoms with Crippen LogP contribution in [0.25, 0.3) is 10.9 Å². The molecular weight excluding hydrogens is 404 g/mol. The summed E-state index contributed by atoms with van der Waals surface area (Å²) in [6.45, 7) is 0.442. The highest BCUT2D eigenvalue weighted by Gasteiger charge is 2.16. The molecule has 25 heavy (non-hydrogen) atoms. The van der Waals surface area contributed by atoms with Crippen LogP contribution in [0.5, 0.6) is 5.75 Å². The van der Waals surface area contributed by atoms with Gasteiger partial charge in [-0.25, -0.2) is 0 Å². The molecule has 1 aromatic heterocycles. The van der Waals surface area contributed by atoms with Gasteiger partial charge in [0.2, 0.25) is 5.78 Å². The van der Waals surface area contributed by atoms with Gasteiger partial charge in [0.15, 0.2) is 6.61 Å². The Bertz CT molecular complexity index is 975. The number of carbonyl (C=O) groups is 1. The molecule has 126 valence electrons. The molecule has 0 aliphatic carbocycles. The maximum Gasteiger partial charge on any atom is 0.202 e. The van der Waals surface area contributed by atoms with E-state index < -0.39 is 0 Å². The van der Waals surface area contributed by atoms with Crippen molar-refractivity contribution in [3.8, 4) is 11.8 Å². The lowest BCUT2D eigenvalue weighted by Gasteiger charge is -2.07. The van der Waals surface area contributed by atoms with E-state index in [-0.39, 0.29) is 12.4 Å². The van der Waals surface area contributed by atoms with Crippen LogP contribution in [-0.4, -0.2) is 17.0 Å². The quantitative estimate of drug-likeness (QED) is 0.516. The molecule has 0 N–H and O–H groups in total. The van der Waals surface area contributed by atoms with E-state index in [0.29, 0.717) is 29.3 Å². The highest BCUT2D eigenvalue weighted by molar-refractivity contribution is 9.10. The Morgan fingerprint density at radius 3 is 2.84 bits per heavy atom. The first-order valence-electron chi connectivity index (χ1n) is 7.66. The molecule has 0 aliphatic rings. The Kier molecular flexibility index (Phi) is 5.42. The Balaban J connectivity index is 1.83. The molecule has 0 atom stereocenters. The maximum atomic E-state index is 12.6. The van der Waals surface area contributed by atoms with Gasteiger partial charge >= 0.3 is 0 Å². The molecule has 2 aromatic carbocycles. The van der Waals surface area contributed by atoms with Gasteiger partial charge in [-0.2, -0.15) is 5.26 Å². The van der Waals surface area contributed by atoms with Crippen LogP contribution in [0.15, 0.2) is 53.1 Å². The fourth-order valence-electron chi connectivity index (χ4n) is 2.64. The van der Waals surface area contributed by atoms with Crippen LogP contribution >= 0.6 is 27.5 Å². The number of para-hydroxylation sites is 1. The number of nitriles is 1. The molecular formula is C19H14BrClN2O2. The summed E-state index contributed by atoms with van der Waals surface area (Å²) >= 11 is 9.45. The summed E-state index contributed by atoms with van der Waals surface area (Å²) in [6.07, 6.45) is 2.17. The number of ether oxygens (including phenoxy) is 1. The molecule has 0 bridgehead atoms. The zero-order chi connectivity index (χ0) is 17.8. The maximum absolute atomic E-state index is 12.6. The van der Waals surface area contributed by atoms with Gasteiger partial charge in [0.1, 0.15) is 5.75 Å². The third-order valence-electron chi connectivity index (χ3n) is 3.81. The average molecular weight is 418 g/mol. The number of rotatable bonds is 6. The van der Waals surface area contributed by atoms with Crippen LogP contribution < -0.4 is 4.74 Å². The minimum Gasteiger partial charge on any atom is -0.484 e. The number of hydrogen-bond donors (Lipinski definition) is 0. The zero-order valence-corrected chi connectivity index (χ0v) is 15.5. The lowest BCUT2D eigenvalue weighted by atomic mass is 10.1. The molecule has 0 radical (unpaired) electrons. The number of aryl methyl sites for hydroxylation is 1. The van der Waals surface area contributed by atoms with Gasteiger partial charge in [0, 0.05) is 33.7 Å². The third-order valence-corrected chi connectivity index (χ3v) is 4.59. The summed E-state index contributed by atoms with van der Waals surface area (Å²) in [5, 5.41) is 10.1. The first-order valence-corrected chi connectivity index (χ1v) is 8.83. The van der Waals surface area contributed by atoms with Crippen molar-refractivity contribution in [1.82, 2.24) is 4.57 Å². The first-order chi connectivity index (χ1) is 12.1. The largest absolute Gasteiger partial charge is 0.484 e. The van der Waals surface area contributed by atoms with Gasteiger partial charge < -0.3 is 9.30 Å². The van der Waals surface area contributed by atoms with Crippen molar-refractivity contribution in [2.24, 2.45) is 0 Å². The monoisotopic (exact) mass is 416 g/mol. The van der Waals surface area contributed by atoms with Gasteiger partial charge in [-0.1, -0.05) is 45.7 Å². The predicted molar refractivity (Wildman–Crippen MR) is 101 cm³/mol. The van der Waals surface area contributed by atoms with Gasteiger partial charge in [0.05, 0.1) is 17.5 Å². The van der Waals surface area contributed by atoms with Crippen LogP contribution in [0, 0.1) is 11.3 Å². The molecule has 1 heterocycles. The standard InChI is InChI=1S/C19H14BrClN2O2/c20-13-6-7-19(16(21)10-13)25-12-18(24)15-11-23(9-3-8-22)17-5-2-1-4-14(15)17/h1-2,4-7,10-11H,3,9,12H2. The summed E-state index contributed by atoms with van der Waals surface area (Å²) in [5.41, 5.74) is 1.52. The van der Waals surface area contributed by atoms with E-state index >= 15 is 0 Å². The number of nitrogens with zero attached hydrogens (tertiary/aromatic N) is 2. The van der Waals surface area contributed by atoms with E-state index in [2.05, 4.69) is 22.0 Å². The fraction of sp³-hybridized carbons (Fsp3) is 0.158. The van der Waals surface area contributed by atoms with E-state index in [9.17, 15) is 4.79 Å². The van der Waals surface area contributed by atoms with Crippen LogP contribution in [0.4, 0.5) is 0 Å². The summed E-state index contributed by atoms with van der Waals surface area (Å²) in [7, 11) is 0. The van der Waals surface area contributed by atoms with Crippen molar-refractivity contribution in [1.29, 1.82) is 5.26 Å². The van der Waals surface area contributed by atoms with Gasteiger partial charge in [0.25, 0.3) is 0 Å². The smallest absolute Gasteiger partial charge is 0.202 e. The Morgan fingerprint density at radius 1 is 1.28 bits per heavy atom. The molecule has 0 amide bonds. The van der Waals surface area contributed by atoms with E-state index in [0.717, 1.165) is 15.4 Å². The third kappa shape index (κ3) is 3.87. The molecule has 0 spiro atoms. The number of hydrogen-bond acceptors (Lipinski definition) is 3. The lowest BCUT2D eigenvalue weighted by molar-refractivity contribution is 0.0923. The number of fused-ring (bicyclic) bond motifs is 1. The minimum absolute atomic E-state index is 0.104. The van der Waals surface area contributed by atoms with Gasteiger partial charge in [-0.3, -0.25) is 4.79 Å². The zero-order valence-electron chi connectivity index (χ0n) is 13.2. The van der Waals surface area contributed by atoms with Crippen LogP contribution in [0.1, 0.15) is 16.8 Å². The number of ketones is 1. The van der Waals surface area contributed by atoms with Crippen molar-refractivity contribution < 1.29 is 9.53 Å². The summed E-state index contributed by atoms with van der Waals surface area (Å²) in [4.78, 5) is 12.6. The van der Waals surface area contributed by atoms with Crippen LogP contribution in [0.3, 0.4) is 0 Å². The number of Topliss-reactive ketones (excluding diaryl/α,β-unsaturated/α-hetero) is 1. The van der Waals surface area contributed by atoms with Crippen molar-refractivity contribution >= 4 is 44.2 Å². The summed E-state index contributed by atoms with van der Waals surface area (Å²) in [5.74, 6) is 0.331.